The van der Waals surface area contributed by atoms with Gasteiger partial charge in [-0.3, -0.25) is 4.90 Å². The van der Waals surface area contributed by atoms with E-state index in [1.807, 2.05) is 0 Å². The van der Waals surface area contributed by atoms with E-state index in [-0.39, 0.29) is 0 Å². The van der Waals surface area contributed by atoms with Gasteiger partial charge in [-0.25, -0.2) is 4.98 Å². The maximum atomic E-state index is 4.74. The molecule has 2 heterocycles. The first kappa shape index (κ1) is 13.3. The van der Waals surface area contributed by atoms with Gasteiger partial charge in [-0.15, -0.1) is 0 Å². The standard InChI is InChI=1S/C20H21N3/c1-14-21-18-9-5-6-10-19(18)23(14)20-16-12-22(13-17(16)20)11-15-7-3-2-4-8-15/h2-10,16-17,20H,11-13H2,1H3. The van der Waals surface area contributed by atoms with Gasteiger partial charge in [0.1, 0.15) is 5.82 Å². The molecule has 2 aromatic carbocycles. The van der Waals surface area contributed by atoms with E-state index in [0.29, 0.717) is 6.04 Å². The molecule has 1 aliphatic carbocycles. The Labute approximate surface area is 136 Å². The number of hydrogen-bond acceptors (Lipinski definition) is 2. The van der Waals surface area contributed by atoms with Crippen LogP contribution in [-0.4, -0.2) is 27.5 Å². The maximum absolute atomic E-state index is 4.74. The highest BCUT2D eigenvalue weighted by molar-refractivity contribution is 5.76. The van der Waals surface area contributed by atoms with Crippen molar-refractivity contribution in [1.82, 2.24) is 14.5 Å². The molecular weight excluding hydrogens is 282 g/mol. The molecule has 1 saturated carbocycles. The van der Waals surface area contributed by atoms with Crippen LogP contribution in [0.25, 0.3) is 11.0 Å². The van der Waals surface area contributed by atoms with Crippen molar-refractivity contribution in [3.63, 3.8) is 0 Å². The molecule has 1 aliphatic heterocycles. The molecule has 116 valence electrons. The number of likely N-dealkylation sites (tertiary alicyclic amines) is 1. The van der Waals surface area contributed by atoms with Gasteiger partial charge in [0, 0.05) is 25.7 Å². The van der Waals surface area contributed by atoms with E-state index in [1.54, 1.807) is 0 Å². The van der Waals surface area contributed by atoms with Crippen LogP contribution in [0.5, 0.6) is 0 Å². The van der Waals surface area contributed by atoms with Crippen LogP contribution in [0, 0.1) is 18.8 Å². The smallest absolute Gasteiger partial charge is 0.107 e. The van der Waals surface area contributed by atoms with E-state index in [9.17, 15) is 0 Å². The lowest BCUT2D eigenvalue weighted by molar-refractivity contribution is 0.278. The predicted molar refractivity (Wildman–Crippen MR) is 92.2 cm³/mol. The number of aromatic nitrogens is 2. The number of benzene rings is 2. The van der Waals surface area contributed by atoms with E-state index in [2.05, 4.69) is 71.0 Å². The molecule has 2 atom stereocenters. The van der Waals surface area contributed by atoms with Crippen molar-refractivity contribution < 1.29 is 0 Å². The number of nitrogens with zero attached hydrogens (tertiary/aromatic N) is 3. The average Bonchev–Trinajstić information content (AvgIpc) is 2.93. The topological polar surface area (TPSA) is 21.1 Å². The lowest BCUT2D eigenvalue weighted by Gasteiger charge is -2.20. The minimum atomic E-state index is 0.662. The number of imidazole rings is 1. The van der Waals surface area contributed by atoms with Gasteiger partial charge in [0.15, 0.2) is 0 Å². The van der Waals surface area contributed by atoms with Gasteiger partial charge < -0.3 is 4.57 Å². The molecule has 2 aliphatic rings. The van der Waals surface area contributed by atoms with Crippen molar-refractivity contribution in [3.05, 3.63) is 66.0 Å². The van der Waals surface area contributed by atoms with Crippen molar-refractivity contribution in [2.24, 2.45) is 11.8 Å². The summed E-state index contributed by atoms with van der Waals surface area (Å²) in [6.45, 7) is 5.67. The van der Waals surface area contributed by atoms with Crippen LogP contribution < -0.4 is 0 Å². The quantitative estimate of drug-likeness (QED) is 0.736. The van der Waals surface area contributed by atoms with Gasteiger partial charge in [-0.1, -0.05) is 42.5 Å². The number of rotatable bonds is 3. The molecule has 0 spiro atoms. The molecule has 0 amide bonds. The summed E-state index contributed by atoms with van der Waals surface area (Å²) in [5, 5.41) is 0. The van der Waals surface area contributed by atoms with Crippen LogP contribution in [0.1, 0.15) is 17.4 Å². The van der Waals surface area contributed by atoms with E-state index < -0.39 is 0 Å². The van der Waals surface area contributed by atoms with E-state index in [0.717, 1.165) is 23.9 Å². The van der Waals surface area contributed by atoms with Gasteiger partial charge in [0.25, 0.3) is 0 Å². The van der Waals surface area contributed by atoms with Crippen LogP contribution in [-0.2, 0) is 6.54 Å². The van der Waals surface area contributed by atoms with Gasteiger partial charge in [0.05, 0.1) is 11.0 Å². The largest absolute Gasteiger partial charge is 0.324 e. The number of fused-ring (bicyclic) bond motifs is 2. The summed E-state index contributed by atoms with van der Waals surface area (Å²) in [4.78, 5) is 7.34. The Balaban J connectivity index is 1.34. The second-order valence-corrected chi connectivity index (χ2v) is 7.02. The van der Waals surface area contributed by atoms with E-state index in [4.69, 9.17) is 4.98 Å². The third-order valence-corrected chi connectivity index (χ3v) is 5.54. The molecule has 3 nitrogen and oxygen atoms in total. The SMILES string of the molecule is Cc1nc2ccccc2n1C1C2CN(Cc3ccccc3)CC21. The Kier molecular flexibility index (Phi) is 2.86. The Morgan fingerprint density at radius 1 is 0.957 bits per heavy atom. The summed E-state index contributed by atoms with van der Waals surface area (Å²) in [6.07, 6.45) is 0. The second kappa shape index (κ2) is 4.93. The van der Waals surface area contributed by atoms with Crippen LogP contribution >= 0.6 is 0 Å². The Hall–Kier alpha value is -2.13. The minimum Gasteiger partial charge on any atom is -0.324 e. The number of para-hydroxylation sites is 2. The van der Waals surface area contributed by atoms with Gasteiger partial charge in [0.2, 0.25) is 0 Å². The molecule has 0 N–H and O–H groups in total. The summed E-state index contributed by atoms with van der Waals surface area (Å²) in [7, 11) is 0. The molecular formula is C20H21N3. The summed E-state index contributed by atoms with van der Waals surface area (Å²) < 4.78 is 2.49. The highest BCUT2D eigenvalue weighted by Crippen LogP contribution is 2.56. The molecule has 2 fully saturated rings. The normalized spacial score (nSPS) is 26.6. The second-order valence-electron chi connectivity index (χ2n) is 7.02. The summed E-state index contributed by atoms with van der Waals surface area (Å²) in [5.41, 5.74) is 3.87. The molecule has 0 radical (unpaired) electrons. The van der Waals surface area contributed by atoms with Crippen molar-refractivity contribution in [3.8, 4) is 0 Å². The summed E-state index contributed by atoms with van der Waals surface area (Å²) in [6, 6.07) is 20.0. The van der Waals surface area contributed by atoms with Gasteiger partial charge in [-0.2, -0.15) is 0 Å². The number of piperidine rings is 1. The third kappa shape index (κ3) is 2.11. The van der Waals surface area contributed by atoms with Crippen LogP contribution in [0.4, 0.5) is 0 Å². The van der Waals surface area contributed by atoms with E-state index >= 15 is 0 Å². The summed E-state index contributed by atoms with van der Waals surface area (Å²) in [5.74, 6) is 2.77. The lowest BCUT2D eigenvalue weighted by Crippen LogP contribution is -2.25. The predicted octanol–water partition coefficient (Wildman–Crippen LogP) is 3.65. The molecule has 1 aromatic heterocycles. The Morgan fingerprint density at radius 3 is 2.43 bits per heavy atom. The van der Waals surface area contributed by atoms with Crippen molar-refractivity contribution >= 4 is 11.0 Å². The highest BCUT2D eigenvalue weighted by Gasteiger charge is 2.57. The first-order valence-electron chi connectivity index (χ1n) is 8.51. The highest BCUT2D eigenvalue weighted by atomic mass is 15.2. The monoisotopic (exact) mass is 303 g/mol. The zero-order valence-corrected chi connectivity index (χ0v) is 13.4. The number of hydrogen-bond donors (Lipinski definition) is 0. The molecule has 0 bridgehead atoms. The fraction of sp³-hybridized carbons (Fsp3) is 0.350. The average molecular weight is 303 g/mol. The van der Waals surface area contributed by atoms with Crippen molar-refractivity contribution in [2.75, 3.05) is 13.1 Å². The van der Waals surface area contributed by atoms with Crippen molar-refractivity contribution in [1.29, 1.82) is 0 Å². The fourth-order valence-electron chi connectivity index (χ4n) is 4.48. The first-order chi connectivity index (χ1) is 11.3. The minimum absolute atomic E-state index is 0.662. The third-order valence-electron chi connectivity index (χ3n) is 5.54. The van der Waals surface area contributed by atoms with E-state index in [1.165, 1.54) is 30.0 Å². The Morgan fingerprint density at radius 2 is 1.65 bits per heavy atom. The van der Waals surface area contributed by atoms with Gasteiger partial charge >= 0.3 is 0 Å². The van der Waals surface area contributed by atoms with Crippen LogP contribution in [0.2, 0.25) is 0 Å². The zero-order chi connectivity index (χ0) is 15.4. The number of aryl methyl sites for hydroxylation is 1. The molecule has 5 rings (SSSR count). The van der Waals surface area contributed by atoms with Crippen LogP contribution in [0.15, 0.2) is 54.6 Å². The van der Waals surface area contributed by atoms with Gasteiger partial charge in [-0.05, 0) is 36.5 Å². The van der Waals surface area contributed by atoms with Crippen LogP contribution in [0.3, 0.4) is 0 Å². The van der Waals surface area contributed by atoms with Crippen molar-refractivity contribution in [2.45, 2.75) is 19.5 Å². The molecule has 2 unspecified atom stereocenters. The molecule has 3 aromatic rings. The molecule has 23 heavy (non-hydrogen) atoms. The maximum Gasteiger partial charge on any atom is 0.107 e. The Bertz CT molecular complexity index is 840. The molecule has 3 heteroatoms. The first-order valence-corrected chi connectivity index (χ1v) is 8.51. The summed E-state index contributed by atoms with van der Waals surface area (Å²) >= 11 is 0. The molecule has 1 saturated heterocycles. The fourth-order valence-corrected chi connectivity index (χ4v) is 4.48. The lowest BCUT2D eigenvalue weighted by atomic mass is 10.2. The zero-order valence-electron chi connectivity index (χ0n) is 13.4.